The molecule has 140 valence electrons. The smallest absolute Gasteiger partial charge is 0.325 e. The number of nitrogens with one attached hydrogen (secondary N) is 3. The third-order valence-corrected chi connectivity index (χ3v) is 4.40. The van der Waals surface area contributed by atoms with Gasteiger partial charge in [-0.1, -0.05) is 41.9 Å². The van der Waals surface area contributed by atoms with Crippen LogP contribution < -0.4 is 16.0 Å². The van der Waals surface area contributed by atoms with E-state index in [9.17, 15) is 19.2 Å². The molecule has 1 aliphatic rings. The summed E-state index contributed by atoms with van der Waals surface area (Å²) in [6.45, 7) is 5.27. The van der Waals surface area contributed by atoms with E-state index in [4.69, 9.17) is 0 Å². The standard InChI is InChI=1S/C17H21BrN4O4/c1-10(2)8-19-15(25)20-13(23)9-22-14(24)17(3,21-16(22)26)11-5-4-6-12(18)7-11/h4-7,10H,8-9H2,1-3H3,(H,21,26)(H2,19,20,23,25)/t17-/m1/s1. The number of hydrogen-bond donors (Lipinski definition) is 3. The number of urea groups is 2. The van der Waals surface area contributed by atoms with Crippen molar-refractivity contribution in [2.24, 2.45) is 5.92 Å². The fourth-order valence-electron chi connectivity index (χ4n) is 2.49. The van der Waals surface area contributed by atoms with Crippen LogP contribution in [0.25, 0.3) is 0 Å². The summed E-state index contributed by atoms with van der Waals surface area (Å²) >= 11 is 3.33. The molecule has 1 fully saturated rings. The SMILES string of the molecule is CC(C)CNC(=O)NC(=O)CN1C(=O)N[C@](C)(c2cccc(Br)c2)C1=O. The normalized spacial score (nSPS) is 19.5. The van der Waals surface area contributed by atoms with Crippen molar-refractivity contribution in [1.82, 2.24) is 20.9 Å². The molecule has 0 radical (unpaired) electrons. The van der Waals surface area contributed by atoms with Crippen LogP contribution in [-0.4, -0.2) is 41.9 Å². The van der Waals surface area contributed by atoms with E-state index in [1.165, 1.54) is 0 Å². The van der Waals surface area contributed by atoms with Crippen molar-refractivity contribution in [3.05, 3.63) is 34.3 Å². The maximum atomic E-state index is 12.7. The maximum Gasteiger partial charge on any atom is 0.325 e. The van der Waals surface area contributed by atoms with E-state index in [0.717, 1.165) is 9.37 Å². The summed E-state index contributed by atoms with van der Waals surface area (Å²) in [5, 5.41) is 7.25. The monoisotopic (exact) mass is 424 g/mol. The molecule has 1 aromatic carbocycles. The summed E-state index contributed by atoms with van der Waals surface area (Å²) < 4.78 is 0.760. The van der Waals surface area contributed by atoms with Crippen molar-refractivity contribution in [3.8, 4) is 0 Å². The van der Waals surface area contributed by atoms with Gasteiger partial charge in [-0.3, -0.25) is 19.8 Å². The van der Waals surface area contributed by atoms with Crippen molar-refractivity contribution in [3.63, 3.8) is 0 Å². The lowest BCUT2D eigenvalue weighted by atomic mass is 9.92. The van der Waals surface area contributed by atoms with E-state index in [1.54, 1.807) is 31.2 Å². The zero-order valence-electron chi connectivity index (χ0n) is 14.8. The van der Waals surface area contributed by atoms with Gasteiger partial charge in [-0.25, -0.2) is 9.59 Å². The molecule has 26 heavy (non-hydrogen) atoms. The molecule has 1 aromatic rings. The summed E-state index contributed by atoms with van der Waals surface area (Å²) in [5.74, 6) is -1.07. The highest BCUT2D eigenvalue weighted by Gasteiger charge is 2.49. The second kappa shape index (κ2) is 7.86. The highest BCUT2D eigenvalue weighted by Crippen LogP contribution is 2.30. The summed E-state index contributed by atoms with van der Waals surface area (Å²) in [5.41, 5.74) is -0.691. The Kier molecular flexibility index (Phi) is 6.01. The molecular formula is C17H21BrN4O4. The Morgan fingerprint density at radius 3 is 2.62 bits per heavy atom. The predicted molar refractivity (Wildman–Crippen MR) is 98.1 cm³/mol. The Labute approximate surface area is 159 Å². The van der Waals surface area contributed by atoms with E-state index in [-0.39, 0.29) is 5.92 Å². The minimum absolute atomic E-state index is 0.229. The fourth-order valence-corrected chi connectivity index (χ4v) is 2.89. The zero-order chi connectivity index (χ0) is 19.5. The largest absolute Gasteiger partial charge is 0.338 e. The molecule has 9 heteroatoms. The van der Waals surface area contributed by atoms with Gasteiger partial charge in [0.15, 0.2) is 0 Å². The van der Waals surface area contributed by atoms with Crippen molar-refractivity contribution in [2.75, 3.05) is 13.1 Å². The molecule has 2 rings (SSSR count). The topological polar surface area (TPSA) is 108 Å². The Hall–Kier alpha value is -2.42. The van der Waals surface area contributed by atoms with Gasteiger partial charge in [0.05, 0.1) is 0 Å². The van der Waals surface area contributed by atoms with Crippen molar-refractivity contribution in [2.45, 2.75) is 26.3 Å². The van der Waals surface area contributed by atoms with Crippen LogP contribution in [0.4, 0.5) is 9.59 Å². The quantitative estimate of drug-likeness (QED) is 0.625. The number of carbonyl (C=O) groups excluding carboxylic acids is 4. The molecule has 0 saturated carbocycles. The maximum absolute atomic E-state index is 12.7. The van der Waals surface area contributed by atoms with Crippen molar-refractivity contribution >= 4 is 39.8 Å². The average Bonchev–Trinajstić information content (AvgIpc) is 2.77. The third-order valence-electron chi connectivity index (χ3n) is 3.90. The van der Waals surface area contributed by atoms with Crippen LogP contribution in [0.5, 0.6) is 0 Å². The minimum atomic E-state index is -1.28. The van der Waals surface area contributed by atoms with E-state index < -0.39 is 36.0 Å². The summed E-state index contributed by atoms with van der Waals surface area (Å²) in [4.78, 5) is 49.3. The molecule has 0 unspecified atom stereocenters. The first-order valence-electron chi connectivity index (χ1n) is 8.11. The number of halogens is 1. The Morgan fingerprint density at radius 1 is 1.31 bits per heavy atom. The van der Waals surface area contributed by atoms with Gasteiger partial charge in [0.1, 0.15) is 12.1 Å². The molecule has 0 aliphatic carbocycles. The Morgan fingerprint density at radius 2 is 2.00 bits per heavy atom. The van der Waals surface area contributed by atoms with Gasteiger partial charge in [-0.05, 0) is 30.5 Å². The number of imide groups is 2. The molecule has 6 amide bonds. The number of nitrogens with zero attached hydrogens (tertiary/aromatic N) is 1. The summed E-state index contributed by atoms with van der Waals surface area (Å²) in [6, 6.07) is 5.64. The van der Waals surface area contributed by atoms with Gasteiger partial charge in [-0.15, -0.1) is 0 Å². The van der Waals surface area contributed by atoms with E-state index in [1.807, 2.05) is 13.8 Å². The van der Waals surface area contributed by atoms with Crippen molar-refractivity contribution < 1.29 is 19.2 Å². The van der Waals surface area contributed by atoms with Gasteiger partial charge in [-0.2, -0.15) is 0 Å². The second-order valence-electron chi connectivity index (χ2n) is 6.61. The molecule has 1 saturated heterocycles. The average molecular weight is 425 g/mol. The highest BCUT2D eigenvalue weighted by molar-refractivity contribution is 9.10. The molecular weight excluding hydrogens is 404 g/mol. The number of benzene rings is 1. The Bertz CT molecular complexity index is 752. The fraction of sp³-hybridized carbons (Fsp3) is 0.412. The van der Waals surface area contributed by atoms with Crippen LogP contribution >= 0.6 is 15.9 Å². The predicted octanol–water partition coefficient (Wildman–Crippen LogP) is 1.70. The van der Waals surface area contributed by atoms with Crippen LogP contribution in [0.2, 0.25) is 0 Å². The molecule has 3 N–H and O–H groups in total. The molecule has 1 aliphatic heterocycles. The summed E-state index contributed by atoms with van der Waals surface area (Å²) in [7, 11) is 0. The third kappa shape index (κ3) is 4.40. The first-order chi connectivity index (χ1) is 12.1. The number of hydrogen-bond acceptors (Lipinski definition) is 4. The van der Waals surface area contributed by atoms with Crippen molar-refractivity contribution in [1.29, 1.82) is 0 Å². The van der Waals surface area contributed by atoms with E-state index in [2.05, 4.69) is 31.9 Å². The molecule has 0 aromatic heterocycles. The Balaban J connectivity index is 2.05. The molecule has 1 atom stereocenters. The zero-order valence-corrected chi connectivity index (χ0v) is 16.3. The van der Waals surface area contributed by atoms with Gasteiger partial charge in [0.25, 0.3) is 5.91 Å². The lowest BCUT2D eigenvalue weighted by Crippen LogP contribution is -2.47. The van der Waals surface area contributed by atoms with E-state index >= 15 is 0 Å². The lowest BCUT2D eigenvalue weighted by molar-refractivity contribution is -0.134. The van der Waals surface area contributed by atoms with Gasteiger partial charge >= 0.3 is 12.1 Å². The van der Waals surface area contributed by atoms with Crippen LogP contribution in [0.1, 0.15) is 26.3 Å². The molecule has 0 spiro atoms. The second-order valence-corrected chi connectivity index (χ2v) is 7.52. The first kappa shape index (κ1) is 19.9. The van der Waals surface area contributed by atoms with Gasteiger partial charge in [0.2, 0.25) is 5.91 Å². The molecule has 1 heterocycles. The highest BCUT2D eigenvalue weighted by atomic mass is 79.9. The van der Waals surface area contributed by atoms with Crippen LogP contribution in [0, 0.1) is 5.92 Å². The number of rotatable bonds is 5. The van der Waals surface area contributed by atoms with Gasteiger partial charge in [0, 0.05) is 11.0 Å². The van der Waals surface area contributed by atoms with Gasteiger partial charge < -0.3 is 10.6 Å². The van der Waals surface area contributed by atoms with E-state index in [0.29, 0.717) is 12.1 Å². The summed E-state index contributed by atoms with van der Waals surface area (Å²) in [6.07, 6.45) is 0. The van der Waals surface area contributed by atoms with Crippen LogP contribution in [0.15, 0.2) is 28.7 Å². The molecule has 0 bridgehead atoms. The molecule has 8 nitrogen and oxygen atoms in total. The lowest BCUT2D eigenvalue weighted by Gasteiger charge is -2.22. The van der Waals surface area contributed by atoms with Crippen LogP contribution in [0.3, 0.4) is 0 Å². The number of amides is 6. The first-order valence-corrected chi connectivity index (χ1v) is 8.90. The van der Waals surface area contributed by atoms with Crippen LogP contribution in [-0.2, 0) is 15.1 Å². The minimum Gasteiger partial charge on any atom is -0.338 e. The number of carbonyl (C=O) groups is 4.